The number of hydrogen-bond acceptors (Lipinski definition) is 14. The molecule has 4 aliphatic heterocycles. The van der Waals surface area contributed by atoms with Crippen molar-refractivity contribution in [1.82, 2.24) is 49.3 Å². The van der Waals surface area contributed by atoms with E-state index in [1.165, 1.54) is 12.8 Å². The van der Waals surface area contributed by atoms with Gasteiger partial charge in [-0.25, -0.2) is 8.78 Å². The number of anilines is 2. The molecule has 0 aliphatic carbocycles. The van der Waals surface area contributed by atoms with Crippen LogP contribution in [0, 0.1) is 23.5 Å². The lowest BCUT2D eigenvalue weighted by Crippen LogP contribution is -2.35. The zero-order chi connectivity index (χ0) is 47.3. The molecule has 4 fully saturated rings. The number of thioether (sulfide) groups is 2. The van der Waals surface area contributed by atoms with Crippen molar-refractivity contribution < 1.29 is 18.4 Å². The Morgan fingerprint density at radius 1 is 0.588 bits per heavy atom. The molecular formula is C48H56F2N14O2S2. The number of aromatic nitrogens is 8. The van der Waals surface area contributed by atoms with E-state index in [1.807, 2.05) is 47.5 Å². The van der Waals surface area contributed by atoms with Gasteiger partial charge in [-0.3, -0.25) is 19.6 Å². The lowest BCUT2D eigenvalue weighted by molar-refractivity contribution is 0.0987. The minimum Gasteiger partial charge on any atom is -0.367 e. The highest BCUT2D eigenvalue weighted by Gasteiger charge is 2.42. The molecule has 16 nitrogen and oxygen atoms in total. The van der Waals surface area contributed by atoms with Gasteiger partial charge in [0.15, 0.2) is 22.0 Å². The average Bonchev–Trinajstić information content (AvgIpc) is 4.21. The van der Waals surface area contributed by atoms with Gasteiger partial charge in [0.2, 0.25) is 0 Å². The molecule has 8 heterocycles. The zero-order valence-electron chi connectivity index (χ0n) is 38.2. The first-order valence-corrected chi connectivity index (χ1v) is 25.0. The number of carbonyl (C=O) groups excluding carboxylic acids is 2. The molecule has 4 aliphatic rings. The van der Waals surface area contributed by atoms with Crippen molar-refractivity contribution in [3.63, 3.8) is 0 Å². The number of amides is 2. The summed E-state index contributed by atoms with van der Waals surface area (Å²) in [6.07, 6.45) is 7.72. The van der Waals surface area contributed by atoms with Gasteiger partial charge in [-0.15, -0.1) is 20.4 Å². The van der Waals surface area contributed by atoms with Crippen molar-refractivity contribution in [2.45, 2.75) is 48.1 Å². The topological polar surface area (TPSA) is 186 Å². The zero-order valence-corrected chi connectivity index (χ0v) is 39.8. The fourth-order valence-electron chi connectivity index (χ4n) is 10.0. The molecule has 6 aromatic rings. The van der Waals surface area contributed by atoms with Crippen LogP contribution in [0.2, 0.25) is 0 Å². The Bertz CT molecular complexity index is 2490. The largest absolute Gasteiger partial charge is 0.367 e. The molecule has 0 spiro atoms. The minimum absolute atomic E-state index is 0.183. The number of fused-ring (bicyclic) bond motifs is 2. The van der Waals surface area contributed by atoms with Crippen molar-refractivity contribution in [2.75, 3.05) is 73.7 Å². The van der Waals surface area contributed by atoms with Gasteiger partial charge in [0, 0.05) is 112 Å². The Kier molecular flexibility index (Phi) is 14.6. The van der Waals surface area contributed by atoms with Crippen molar-refractivity contribution in [3.05, 3.63) is 108 Å². The molecule has 4 atom stereocenters. The van der Waals surface area contributed by atoms with Crippen LogP contribution in [-0.4, -0.2) is 137 Å². The maximum atomic E-state index is 13.3. The SMILES string of the molecule is Cn1c(SCCCN2C[C@@H]3CCN(c4ccc(F)cc4)[C@@H]3C2)nnc1-c1ccc(C(N)=O)nc1.Cn1c(SCCCN2C[C@H]3CCN(c4ccc(F)cc4)[C@H]3C2)nnc1-c1ccc(C(N)=O)nc1. The lowest BCUT2D eigenvalue weighted by atomic mass is 10.1. The number of benzene rings is 2. The van der Waals surface area contributed by atoms with E-state index in [-0.39, 0.29) is 23.0 Å². The number of nitrogens with zero attached hydrogens (tertiary/aromatic N) is 12. The molecule has 4 N–H and O–H groups in total. The number of hydrogen-bond donors (Lipinski definition) is 2. The number of nitrogens with two attached hydrogens (primary N) is 2. The smallest absolute Gasteiger partial charge is 0.267 e. The molecule has 2 aromatic carbocycles. The van der Waals surface area contributed by atoms with E-state index in [2.05, 4.69) is 50.0 Å². The number of rotatable bonds is 16. The Morgan fingerprint density at radius 2 is 1.00 bits per heavy atom. The molecule has 4 aromatic heterocycles. The van der Waals surface area contributed by atoms with Crippen LogP contribution in [0.1, 0.15) is 46.7 Å². The molecule has 4 saturated heterocycles. The predicted molar refractivity (Wildman–Crippen MR) is 260 cm³/mol. The van der Waals surface area contributed by atoms with Gasteiger partial charge < -0.3 is 40.2 Å². The average molecular weight is 963 g/mol. The summed E-state index contributed by atoms with van der Waals surface area (Å²) in [7, 11) is 3.87. The first-order chi connectivity index (χ1) is 33.0. The van der Waals surface area contributed by atoms with Gasteiger partial charge in [0.1, 0.15) is 23.0 Å². The maximum absolute atomic E-state index is 13.3. The highest BCUT2D eigenvalue weighted by molar-refractivity contribution is 7.99. The summed E-state index contributed by atoms with van der Waals surface area (Å²) in [5.41, 5.74) is 14.8. The van der Waals surface area contributed by atoms with Crippen LogP contribution >= 0.6 is 23.5 Å². The van der Waals surface area contributed by atoms with E-state index >= 15 is 0 Å². The van der Waals surface area contributed by atoms with Gasteiger partial charge >= 0.3 is 0 Å². The highest BCUT2D eigenvalue weighted by Crippen LogP contribution is 2.37. The van der Waals surface area contributed by atoms with Crippen molar-refractivity contribution in [3.8, 4) is 22.8 Å². The van der Waals surface area contributed by atoms with E-state index in [0.717, 1.165) is 110 Å². The quantitative estimate of drug-likeness (QED) is 0.0900. The number of pyridine rings is 2. The third kappa shape index (κ3) is 10.7. The second-order valence-corrected chi connectivity index (χ2v) is 19.9. The van der Waals surface area contributed by atoms with Gasteiger partial charge in [0.25, 0.3) is 11.8 Å². The molecular weight excluding hydrogens is 907 g/mol. The maximum Gasteiger partial charge on any atom is 0.267 e. The standard InChI is InChI=1S/2C24H28FN7OS/c2*1-30-23(16-3-8-20(22(26)33)27-13-16)28-29-24(30)34-12-2-10-31-14-17-9-11-32(21(17)15-31)19-6-4-18(25)5-7-19/h2*3-8,13,17,21H,2,9-12,14-15H2,1H3,(H2,26,33)/t2*17-,21+/m10/s1. The summed E-state index contributed by atoms with van der Waals surface area (Å²) in [6, 6.07) is 21.6. The molecule has 20 heteroatoms. The van der Waals surface area contributed by atoms with Crippen LogP contribution in [0.3, 0.4) is 0 Å². The van der Waals surface area contributed by atoms with E-state index in [0.29, 0.717) is 35.6 Å². The summed E-state index contributed by atoms with van der Waals surface area (Å²) >= 11 is 3.39. The highest BCUT2D eigenvalue weighted by atomic mass is 32.2. The van der Waals surface area contributed by atoms with Crippen molar-refractivity contribution in [2.24, 2.45) is 37.4 Å². The summed E-state index contributed by atoms with van der Waals surface area (Å²) < 4.78 is 30.5. The Hall–Kier alpha value is -5.96. The predicted octanol–water partition coefficient (Wildman–Crippen LogP) is 5.62. The van der Waals surface area contributed by atoms with Crippen LogP contribution in [0.25, 0.3) is 22.8 Å². The second-order valence-electron chi connectivity index (χ2n) is 17.8. The Morgan fingerprint density at radius 3 is 1.37 bits per heavy atom. The molecule has 0 radical (unpaired) electrons. The van der Waals surface area contributed by atoms with Gasteiger partial charge in [-0.2, -0.15) is 0 Å². The van der Waals surface area contributed by atoms with E-state index in [1.54, 1.807) is 84.4 Å². The van der Waals surface area contributed by atoms with Gasteiger partial charge in [-0.1, -0.05) is 23.5 Å². The summed E-state index contributed by atoms with van der Waals surface area (Å²) in [5, 5.41) is 19.0. The third-order valence-corrected chi connectivity index (χ3v) is 15.7. The number of halogens is 2. The number of carbonyl (C=O) groups is 2. The third-order valence-electron chi connectivity index (χ3n) is 13.5. The fourth-order valence-corrected chi connectivity index (χ4v) is 11.7. The molecule has 0 saturated carbocycles. The van der Waals surface area contributed by atoms with E-state index < -0.39 is 11.8 Å². The molecule has 0 bridgehead atoms. The van der Waals surface area contributed by atoms with Gasteiger partial charge in [-0.05, 0) is 123 Å². The lowest BCUT2D eigenvalue weighted by Gasteiger charge is -2.27. The molecule has 2 amide bonds. The van der Waals surface area contributed by atoms with E-state index in [4.69, 9.17) is 11.5 Å². The first-order valence-electron chi connectivity index (χ1n) is 23.0. The number of primary amides is 2. The molecule has 0 unspecified atom stereocenters. The molecule has 68 heavy (non-hydrogen) atoms. The van der Waals surface area contributed by atoms with Crippen LogP contribution < -0.4 is 21.3 Å². The number of likely N-dealkylation sites (tertiary alicyclic amines) is 2. The first kappa shape index (κ1) is 47.1. The monoisotopic (exact) mass is 962 g/mol. The van der Waals surface area contributed by atoms with Crippen LogP contribution in [0.4, 0.5) is 20.2 Å². The summed E-state index contributed by atoms with van der Waals surface area (Å²) in [4.78, 5) is 40.6. The Balaban J connectivity index is 0.000000170. The van der Waals surface area contributed by atoms with Crippen LogP contribution in [0.5, 0.6) is 0 Å². The van der Waals surface area contributed by atoms with Crippen molar-refractivity contribution >= 4 is 46.7 Å². The van der Waals surface area contributed by atoms with Crippen LogP contribution in [-0.2, 0) is 14.1 Å². The molecule has 356 valence electrons. The van der Waals surface area contributed by atoms with Crippen LogP contribution in [0.15, 0.2) is 95.5 Å². The van der Waals surface area contributed by atoms with Gasteiger partial charge in [0.05, 0.1) is 0 Å². The fraction of sp³-hybridized carbons (Fsp3) is 0.417. The van der Waals surface area contributed by atoms with E-state index in [9.17, 15) is 18.4 Å². The molecule has 10 rings (SSSR count). The summed E-state index contributed by atoms with van der Waals surface area (Å²) in [5.74, 6) is 3.24. The Labute approximate surface area is 402 Å². The second kappa shape index (κ2) is 21.1. The normalized spacial score (nSPS) is 20.1. The minimum atomic E-state index is -0.550. The summed E-state index contributed by atoms with van der Waals surface area (Å²) in [6.45, 7) is 8.62. The van der Waals surface area contributed by atoms with Crippen molar-refractivity contribution in [1.29, 1.82) is 0 Å².